The largest absolute Gasteiger partial charge is 0.433 e. The fourth-order valence-electron chi connectivity index (χ4n) is 3.82. The Balaban J connectivity index is 1.63. The van der Waals surface area contributed by atoms with Gasteiger partial charge in [0.15, 0.2) is 16.8 Å². The SMILES string of the molecule is Cc1cc(OC(F)F)cnc1C(=O)Nc1cc(F)c(F)c([C@@]2(C)N=C(N)S[C@H]3C[C@H]32)c1. The van der Waals surface area contributed by atoms with E-state index in [0.29, 0.717) is 5.17 Å². The summed E-state index contributed by atoms with van der Waals surface area (Å²) >= 11 is 1.42. The number of halogens is 4. The first-order valence-corrected chi connectivity index (χ1v) is 10.2. The number of aliphatic imine (C=N–C) groups is 1. The van der Waals surface area contributed by atoms with Crippen LogP contribution in [0.15, 0.2) is 29.4 Å². The number of aromatic nitrogens is 1. The number of benzene rings is 1. The summed E-state index contributed by atoms with van der Waals surface area (Å²) in [5.41, 5.74) is 5.04. The summed E-state index contributed by atoms with van der Waals surface area (Å²) in [5.74, 6) is -3.08. The maximum atomic E-state index is 14.7. The summed E-state index contributed by atoms with van der Waals surface area (Å²) in [6.07, 6.45) is 1.76. The van der Waals surface area contributed by atoms with Gasteiger partial charge < -0.3 is 15.8 Å². The van der Waals surface area contributed by atoms with Crippen LogP contribution in [0.3, 0.4) is 0 Å². The maximum Gasteiger partial charge on any atom is 0.387 e. The van der Waals surface area contributed by atoms with E-state index in [4.69, 9.17) is 5.73 Å². The molecule has 31 heavy (non-hydrogen) atoms. The lowest BCUT2D eigenvalue weighted by Crippen LogP contribution is -2.32. The van der Waals surface area contributed by atoms with Crippen molar-refractivity contribution in [3.05, 3.63) is 52.9 Å². The third-order valence-corrected chi connectivity index (χ3v) is 6.55. The number of rotatable bonds is 5. The van der Waals surface area contributed by atoms with Crippen molar-refractivity contribution in [2.45, 2.75) is 37.7 Å². The van der Waals surface area contributed by atoms with Gasteiger partial charge in [-0.25, -0.2) is 13.8 Å². The van der Waals surface area contributed by atoms with Crippen LogP contribution in [-0.4, -0.2) is 27.9 Å². The Morgan fingerprint density at radius 3 is 2.77 bits per heavy atom. The first-order valence-electron chi connectivity index (χ1n) is 9.33. The summed E-state index contributed by atoms with van der Waals surface area (Å²) in [5, 5.41) is 2.99. The van der Waals surface area contributed by atoms with E-state index in [1.165, 1.54) is 30.8 Å². The first-order chi connectivity index (χ1) is 14.6. The van der Waals surface area contributed by atoms with Crippen LogP contribution in [0.5, 0.6) is 5.75 Å². The third kappa shape index (κ3) is 4.06. The lowest BCUT2D eigenvalue weighted by molar-refractivity contribution is -0.0501. The highest BCUT2D eigenvalue weighted by Gasteiger charge is 2.56. The molecule has 1 aromatic heterocycles. The van der Waals surface area contributed by atoms with E-state index >= 15 is 0 Å². The quantitative estimate of drug-likeness (QED) is 0.662. The zero-order chi connectivity index (χ0) is 22.5. The second-order valence-corrected chi connectivity index (χ2v) is 8.84. The number of alkyl halides is 2. The van der Waals surface area contributed by atoms with Crippen molar-refractivity contribution in [1.29, 1.82) is 0 Å². The van der Waals surface area contributed by atoms with Crippen LogP contribution in [-0.2, 0) is 5.54 Å². The Morgan fingerprint density at radius 2 is 2.10 bits per heavy atom. The molecule has 0 radical (unpaired) electrons. The van der Waals surface area contributed by atoms with Crippen LogP contribution >= 0.6 is 11.8 Å². The number of amides is 1. The maximum absolute atomic E-state index is 14.7. The fourth-order valence-corrected chi connectivity index (χ4v) is 5.11. The fraction of sp³-hybridized carbons (Fsp3) is 0.350. The van der Waals surface area contributed by atoms with Gasteiger partial charge in [-0.2, -0.15) is 8.78 Å². The molecule has 1 aliphatic carbocycles. The van der Waals surface area contributed by atoms with Crippen LogP contribution in [0.4, 0.5) is 23.2 Å². The summed E-state index contributed by atoms with van der Waals surface area (Å²) in [7, 11) is 0. The van der Waals surface area contributed by atoms with Gasteiger partial charge in [0.1, 0.15) is 11.4 Å². The molecule has 1 fully saturated rings. The molecular weight excluding hydrogens is 436 g/mol. The Morgan fingerprint density at radius 1 is 1.35 bits per heavy atom. The van der Waals surface area contributed by atoms with Crippen molar-refractivity contribution in [2.75, 3.05) is 5.32 Å². The van der Waals surface area contributed by atoms with Crippen LogP contribution in [0, 0.1) is 24.5 Å². The van der Waals surface area contributed by atoms with E-state index in [9.17, 15) is 22.4 Å². The molecule has 2 aromatic rings. The van der Waals surface area contributed by atoms with E-state index < -0.39 is 29.7 Å². The highest BCUT2D eigenvalue weighted by molar-refractivity contribution is 8.14. The second-order valence-electron chi connectivity index (χ2n) is 7.58. The number of pyridine rings is 1. The molecule has 3 N–H and O–H groups in total. The number of nitrogens with one attached hydrogen (secondary N) is 1. The lowest BCUT2D eigenvalue weighted by atomic mass is 9.86. The summed E-state index contributed by atoms with van der Waals surface area (Å²) in [6, 6.07) is 3.43. The van der Waals surface area contributed by atoms with Crippen molar-refractivity contribution < 1.29 is 27.1 Å². The highest BCUT2D eigenvalue weighted by Crippen LogP contribution is 2.57. The molecule has 0 saturated heterocycles. The number of anilines is 1. The lowest BCUT2D eigenvalue weighted by Gasteiger charge is -2.30. The minimum Gasteiger partial charge on any atom is -0.433 e. The van der Waals surface area contributed by atoms with Gasteiger partial charge in [-0.05, 0) is 38.0 Å². The third-order valence-electron chi connectivity index (χ3n) is 5.39. The molecule has 11 heteroatoms. The monoisotopic (exact) mass is 454 g/mol. The zero-order valence-electron chi connectivity index (χ0n) is 16.5. The van der Waals surface area contributed by atoms with Gasteiger partial charge in [0.25, 0.3) is 5.91 Å². The molecule has 0 spiro atoms. The molecule has 0 bridgehead atoms. The number of nitrogens with two attached hydrogens (primary N) is 1. The van der Waals surface area contributed by atoms with E-state index in [1.54, 1.807) is 6.92 Å². The van der Waals surface area contributed by atoms with Crippen LogP contribution < -0.4 is 15.8 Å². The van der Waals surface area contributed by atoms with Crippen molar-refractivity contribution in [2.24, 2.45) is 16.6 Å². The van der Waals surface area contributed by atoms with Gasteiger partial charge >= 0.3 is 6.61 Å². The highest BCUT2D eigenvalue weighted by atomic mass is 32.2. The normalized spacial score (nSPS) is 24.4. The molecule has 3 atom stereocenters. The minimum atomic E-state index is -3.02. The number of fused-ring (bicyclic) bond motifs is 1. The standard InChI is InChI=1S/C20H18F4N4O2S/c1-8-3-10(30-18(23)24)7-26-16(8)17(29)27-9-4-12(15(22)13(21)5-9)20(2)11-6-14(11)31-19(25)28-20/h3-5,7,11,14,18H,6H2,1-2H3,(H2,25,28)(H,27,29)/t11-,14+,20+/m1/s1. The van der Waals surface area contributed by atoms with Crippen molar-refractivity contribution in [1.82, 2.24) is 4.98 Å². The molecule has 2 heterocycles. The van der Waals surface area contributed by atoms with E-state index in [2.05, 4.69) is 20.0 Å². The Bertz CT molecular complexity index is 1100. The number of nitrogens with zero attached hydrogens (tertiary/aromatic N) is 2. The molecule has 2 aliphatic rings. The second kappa shape index (κ2) is 7.70. The zero-order valence-corrected chi connectivity index (χ0v) is 17.3. The molecule has 0 unspecified atom stereocenters. The van der Waals surface area contributed by atoms with Crippen LogP contribution in [0.25, 0.3) is 0 Å². The summed E-state index contributed by atoms with van der Waals surface area (Å²) < 4.78 is 58.0. The average Bonchev–Trinajstić information content (AvgIpc) is 3.44. The Labute approximate surface area is 179 Å². The summed E-state index contributed by atoms with van der Waals surface area (Å²) in [4.78, 5) is 20.9. The average molecular weight is 454 g/mol. The Hall–Kier alpha value is -2.82. The predicted octanol–water partition coefficient (Wildman–Crippen LogP) is 4.19. The smallest absolute Gasteiger partial charge is 0.387 e. The van der Waals surface area contributed by atoms with E-state index in [-0.39, 0.29) is 39.4 Å². The number of carbonyl (C=O) groups excluding carboxylic acids is 1. The van der Waals surface area contributed by atoms with Gasteiger partial charge in [0, 0.05) is 28.5 Å². The molecule has 6 nitrogen and oxygen atoms in total. The topological polar surface area (TPSA) is 89.6 Å². The molecule has 4 rings (SSSR count). The number of hydrogen-bond donors (Lipinski definition) is 2. The molecular formula is C20H18F4N4O2S. The molecule has 1 aromatic carbocycles. The molecule has 164 valence electrons. The van der Waals surface area contributed by atoms with E-state index in [0.717, 1.165) is 18.7 Å². The van der Waals surface area contributed by atoms with Crippen molar-refractivity contribution >= 4 is 28.5 Å². The predicted molar refractivity (Wildman–Crippen MR) is 108 cm³/mol. The van der Waals surface area contributed by atoms with Crippen molar-refractivity contribution in [3.63, 3.8) is 0 Å². The number of thioether (sulfide) groups is 1. The van der Waals surface area contributed by atoms with Gasteiger partial charge in [-0.15, -0.1) is 0 Å². The minimum absolute atomic E-state index is 0.00362. The van der Waals surface area contributed by atoms with Gasteiger partial charge in [-0.1, -0.05) is 11.8 Å². The number of ether oxygens (including phenoxy) is 1. The van der Waals surface area contributed by atoms with Gasteiger partial charge in [0.2, 0.25) is 0 Å². The molecule has 1 aliphatic heterocycles. The molecule has 1 amide bonds. The van der Waals surface area contributed by atoms with Gasteiger partial charge in [0.05, 0.1) is 11.7 Å². The number of carbonyl (C=O) groups is 1. The number of hydrogen-bond acceptors (Lipinski definition) is 6. The Kier molecular flexibility index (Phi) is 5.32. The van der Waals surface area contributed by atoms with Crippen LogP contribution in [0.2, 0.25) is 0 Å². The van der Waals surface area contributed by atoms with E-state index in [1.807, 2.05) is 0 Å². The first kappa shape index (κ1) is 21.4. The molecule has 1 saturated carbocycles. The number of amidine groups is 1. The number of aryl methyl sites for hydroxylation is 1. The summed E-state index contributed by atoms with van der Waals surface area (Å²) in [6.45, 7) is 0.160. The van der Waals surface area contributed by atoms with Crippen molar-refractivity contribution in [3.8, 4) is 5.75 Å². The van der Waals surface area contributed by atoms with Crippen LogP contribution in [0.1, 0.15) is 35.0 Å². The van der Waals surface area contributed by atoms with Gasteiger partial charge in [-0.3, -0.25) is 9.79 Å².